The molecule has 6 nitrogen and oxygen atoms in total. The molecule has 0 aliphatic carbocycles. The smallest absolute Gasteiger partial charge is 0.292 e. The lowest BCUT2D eigenvalue weighted by Crippen LogP contribution is -2.42. The van der Waals surface area contributed by atoms with Crippen LogP contribution in [0.2, 0.25) is 0 Å². The van der Waals surface area contributed by atoms with Crippen molar-refractivity contribution in [3.8, 4) is 0 Å². The van der Waals surface area contributed by atoms with Crippen molar-refractivity contribution in [1.29, 1.82) is 0 Å². The fourth-order valence-electron chi connectivity index (χ4n) is 2.51. The zero-order chi connectivity index (χ0) is 14.5. The number of nitro benzene ring substituents is 1. The Balaban J connectivity index is 1.99. The summed E-state index contributed by atoms with van der Waals surface area (Å²) in [7, 11) is 0. The normalized spacial score (nSPS) is 19.6. The van der Waals surface area contributed by atoms with E-state index in [2.05, 4.69) is 17.1 Å². The number of hydrogen-bond acceptors (Lipinski definition) is 4. The molecule has 1 aliphatic rings. The van der Waals surface area contributed by atoms with E-state index in [9.17, 15) is 14.9 Å². The third kappa shape index (κ3) is 3.54. The average Bonchev–Trinajstić information content (AvgIpc) is 2.41. The van der Waals surface area contributed by atoms with Crippen LogP contribution < -0.4 is 5.32 Å². The highest BCUT2D eigenvalue weighted by Gasteiger charge is 2.21. The molecule has 1 fully saturated rings. The Labute approximate surface area is 117 Å². The Morgan fingerprint density at radius 2 is 2.20 bits per heavy atom. The molecule has 1 aromatic carbocycles. The maximum absolute atomic E-state index is 12.0. The van der Waals surface area contributed by atoms with Crippen molar-refractivity contribution in [1.82, 2.24) is 4.90 Å². The van der Waals surface area contributed by atoms with Crippen LogP contribution in [-0.2, 0) is 4.79 Å². The van der Waals surface area contributed by atoms with Gasteiger partial charge in [0.25, 0.3) is 5.69 Å². The van der Waals surface area contributed by atoms with E-state index < -0.39 is 4.92 Å². The van der Waals surface area contributed by atoms with Crippen LogP contribution in [0.15, 0.2) is 24.3 Å². The predicted octanol–water partition coefficient (Wildman–Crippen LogP) is 2.41. The summed E-state index contributed by atoms with van der Waals surface area (Å²) in [4.78, 5) is 24.5. The molecule has 1 heterocycles. The minimum absolute atomic E-state index is 0.0763. The van der Waals surface area contributed by atoms with Crippen molar-refractivity contribution in [3.05, 3.63) is 34.4 Å². The number of carbonyl (C=O) groups is 1. The van der Waals surface area contributed by atoms with Crippen molar-refractivity contribution < 1.29 is 9.72 Å². The summed E-state index contributed by atoms with van der Waals surface area (Å²) in [5.74, 6) is -0.201. The van der Waals surface area contributed by atoms with E-state index in [0.717, 1.165) is 19.4 Å². The molecule has 20 heavy (non-hydrogen) atoms. The monoisotopic (exact) mass is 277 g/mol. The molecule has 0 radical (unpaired) electrons. The first-order chi connectivity index (χ1) is 9.58. The molecule has 1 unspecified atom stereocenters. The van der Waals surface area contributed by atoms with Gasteiger partial charge in [-0.15, -0.1) is 0 Å². The summed E-state index contributed by atoms with van der Waals surface area (Å²) in [6.07, 6.45) is 3.39. The first-order valence-electron chi connectivity index (χ1n) is 6.85. The summed E-state index contributed by atoms with van der Waals surface area (Å²) in [6.45, 7) is 3.30. The highest BCUT2D eigenvalue weighted by Crippen LogP contribution is 2.23. The molecule has 0 saturated carbocycles. The van der Waals surface area contributed by atoms with Crippen molar-refractivity contribution >= 4 is 17.3 Å². The number of carbonyl (C=O) groups excluding carboxylic acids is 1. The number of rotatable bonds is 4. The molecule has 1 aliphatic heterocycles. The van der Waals surface area contributed by atoms with Gasteiger partial charge >= 0.3 is 0 Å². The molecule has 0 bridgehead atoms. The van der Waals surface area contributed by atoms with Gasteiger partial charge in [0.2, 0.25) is 5.91 Å². The summed E-state index contributed by atoms with van der Waals surface area (Å²) >= 11 is 0. The lowest BCUT2D eigenvalue weighted by Gasteiger charge is -2.32. The minimum atomic E-state index is -0.487. The average molecular weight is 277 g/mol. The van der Waals surface area contributed by atoms with Gasteiger partial charge < -0.3 is 5.32 Å². The van der Waals surface area contributed by atoms with Crippen LogP contribution in [0.3, 0.4) is 0 Å². The first kappa shape index (κ1) is 14.5. The van der Waals surface area contributed by atoms with E-state index in [0.29, 0.717) is 6.04 Å². The second-order valence-electron chi connectivity index (χ2n) is 5.14. The van der Waals surface area contributed by atoms with E-state index in [-0.39, 0.29) is 23.8 Å². The summed E-state index contributed by atoms with van der Waals surface area (Å²) in [5.41, 5.74) is 0.180. The summed E-state index contributed by atoms with van der Waals surface area (Å²) < 4.78 is 0. The second-order valence-corrected chi connectivity index (χ2v) is 5.14. The Bertz CT molecular complexity index is 504. The van der Waals surface area contributed by atoms with Gasteiger partial charge in [-0.2, -0.15) is 0 Å². The molecule has 1 aromatic rings. The van der Waals surface area contributed by atoms with Crippen molar-refractivity contribution in [2.45, 2.75) is 32.2 Å². The largest absolute Gasteiger partial charge is 0.319 e. The Hall–Kier alpha value is -1.95. The van der Waals surface area contributed by atoms with Crippen LogP contribution >= 0.6 is 0 Å². The number of nitrogens with zero attached hydrogens (tertiary/aromatic N) is 2. The van der Waals surface area contributed by atoms with E-state index in [1.54, 1.807) is 18.2 Å². The van der Waals surface area contributed by atoms with Gasteiger partial charge in [0.05, 0.1) is 11.5 Å². The zero-order valence-corrected chi connectivity index (χ0v) is 11.5. The highest BCUT2D eigenvalue weighted by atomic mass is 16.6. The lowest BCUT2D eigenvalue weighted by atomic mass is 10.0. The van der Waals surface area contributed by atoms with Crippen LogP contribution in [-0.4, -0.2) is 34.9 Å². The number of hydrogen-bond donors (Lipinski definition) is 1. The van der Waals surface area contributed by atoms with Crippen LogP contribution in [0.4, 0.5) is 11.4 Å². The number of nitro groups is 1. The van der Waals surface area contributed by atoms with Gasteiger partial charge in [-0.1, -0.05) is 18.6 Å². The number of amides is 1. The number of piperidine rings is 1. The van der Waals surface area contributed by atoms with Crippen LogP contribution in [0, 0.1) is 10.1 Å². The van der Waals surface area contributed by atoms with E-state index in [1.807, 2.05) is 0 Å². The van der Waals surface area contributed by atoms with Crippen molar-refractivity contribution in [2.75, 3.05) is 18.4 Å². The number of nitrogens with one attached hydrogen (secondary N) is 1. The molecule has 6 heteroatoms. The summed E-state index contributed by atoms with van der Waals surface area (Å²) in [5, 5.41) is 13.5. The zero-order valence-electron chi connectivity index (χ0n) is 11.5. The molecule has 1 N–H and O–H groups in total. The van der Waals surface area contributed by atoms with Crippen LogP contribution in [0.25, 0.3) is 0 Å². The molecule has 1 saturated heterocycles. The molecular weight excluding hydrogens is 258 g/mol. The maximum atomic E-state index is 12.0. The molecule has 1 amide bonds. The van der Waals surface area contributed by atoms with Crippen LogP contribution in [0.5, 0.6) is 0 Å². The molecule has 0 aromatic heterocycles. The van der Waals surface area contributed by atoms with Crippen molar-refractivity contribution in [3.63, 3.8) is 0 Å². The lowest BCUT2D eigenvalue weighted by molar-refractivity contribution is -0.383. The van der Waals surface area contributed by atoms with E-state index in [1.165, 1.54) is 12.5 Å². The Morgan fingerprint density at radius 3 is 2.90 bits per heavy atom. The number of anilines is 1. The SMILES string of the molecule is CC1CCCCN1CC(=O)Nc1ccccc1[N+](=O)[O-]. The molecular formula is C14H19N3O3. The van der Waals surface area contributed by atoms with Gasteiger partial charge in [0.1, 0.15) is 5.69 Å². The van der Waals surface area contributed by atoms with Gasteiger partial charge in [0.15, 0.2) is 0 Å². The number of para-hydroxylation sites is 2. The Kier molecular flexibility index (Phi) is 4.68. The number of likely N-dealkylation sites (tertiary alicyclic amines) is 1. The topological polar surface area (TPSA) is 75.5 Å². The second kappa shape index (κ2) is 6.47. The maximum Gasteiger partial charge on any atom is 0.292 e. The number of benzene rings is 1. The fraction of sp³-hybridized carbons (Fsp3) is 0.500. The molecule has 108 valence electrons. The van der Waals surface area contributed by atoms with Crippen LogP contribution in [0.1, 0.15) is 26.2 Å². The van der Waals surface area contributed by atoms with E-state index >= 15 is 0 Å². The predicted molar refractivity (Wildman–Crippen MR) is 76.6 cm³/mol. The fourth-order valence-corrected chi connectivity index (χ4v) is 2.51. The molecule has 2 rings (SSSR count). The summed E-state index contributed by atoms with van der Waals surface area (Å²) in [6, 6.07) is 6.58. The van der Waals surface area contributed by atoms with Gasteiger partial charge in [-0.3, -0.25) is 19.8 Å². The van der Waals surface area contributed by atoms with Gasteiger partial charge in [-0.05, 0) is 32.4 Å². The van der Waals surface area contributed by atoms with Crippen molar-refractivity contribution in [2.24, 2.45) is 0 Å². The van der Waals surface area contributed by atoms with Gasteiger partial charge in [0, 0.05) is 12.1 Å². The third-order valence-corrected chi connectivity index (χ3v) is 3.66. The molecule has 1 atom stereocenters. The quantitative estimate of drug-likeness (QED) is 0.677. The highest BCUT2D eigenvalue weighted by molar-refractivity contribution is 5.94. The third-order valence-electron chi connectivity index (χ3n) is 3.66. The Morgan fingerprint density at radius 1 is 1.45 bits per heavy atom. The van der Waals surface area contributed by atoms with Gasteiger partial charge in [-0.25, -0.2) is 0 Å². The molecule has 0 spiro atoms. The first-order valence-corrected chi connectivity index (χ1v) is 6.85. The van der Waals surface area contributed by atoms with E-state index in [4.69, 9.17) is 0 Å². The minimum Gasteiger partial charge on any atom is -0.319 e. The standard InChI is InChI=1S/C14H19N3O3/c1-11-6-4-5-9-16(11)10-14(18)15-12-7-2-3-8-13(12)17(19)20/h2-3,7-8,11H,4-6,9-10H2,1H3,(H,15,18).